The highest BCUT2D eigenvalue weighted by Crippen LogP contribution is 2.31. The molecule has 0 bridgehead atoms. The van der Waals surface area contributed by atoms with E-state index >= 15 is 0 Å². The summed E-state index contributed by atoms with van der Waals surface area (Å²) in [6.45, 7) is 18.6. The third-order valence-corrected chi connectivity index (χ3v) is 19.0. The molecule has 2 aromatic carbocycles. The van der Waals surface area contributed by atoms with Gasteiger partial charge < -0.3 is 66.3 Å². The third kappa shape index (κ3) is 21.8. The quantitative estimate of drug-likeness (QED) is 0.0362. The summed E-state index contributed by atoms with van der Waals surface area (Å²) in [6.07, 6.45) is 2.45. The number of likely N-dealkylation sites (tertiary alicyclic amines) is 2. The number of ether oxygens (including phenoxy) is 3. The molecule has 98 heavy (non-hydrogen) atoms. The van der Waals surface area contributed by atoms with Gasteiger partial charge in [-0.15, -0.1) is 0 Å². The van der Waals surface area contributed by atoms with Crippen LogP contribution in [0.3, 0.4) is 0 Å². The van der Waals surface area contributed by atoms with Gasteiger partial charge in [0, 0.05) is 72.2 Å². The number of carbonyl (C=O) groups is 12. The Morgan fingerprint density at radius 2 is 1.31 bits per heavy atom. The van der Waals surface area contributed by atoms with Crippen molar-refractivity contribution in [3.8, 4) is 0 Å². The van der Waals surface area contributed by atoms with Crippen LogP contribution in [0.15, 0.2) is 66.7 Å². The molecule has 5 rings (SSSR count). The van der Waals surface area contributed by atoms with E-state index in [1.165, 1.54) is 43.2 Å². The lowest BCUT2D eigenvalue weighted by Crippen LogP contribution is -2.60. The lowest BCUT2D eigenvalue weighted by atomic mass is 9.89. The number of benzene rings is 2. The van der Waals surface area contributed by atoms with Crippen molar-refractivity contribution in [3.63, 3.8) is 0 Å². The Bertz CT molecular complexity index is 3090. The van der Waals surface area contributed by atoms with E-state index in [0.717, 1.165) is 4.90 Å². The number of unbranched alkanes of at least 4 members (excludes halogenated alkanes) is 2. The number of imide groups is 1. The second-order valence-electron chi connectivity index (χ2n) is 27.2. The van der Waals surface area contributed by atoms with Gasteiger partial charge in [-0.05, 0) is 92.4 Å². The number of nitrogens with two attached hydrogens (primary N) is 1. The van der Waals surface area contributed by atoms with Crippen LogP contribution in [0.1, 0.15) is 157 Å². The molecule has 27 nitrogen and oxygen atoms in total. The zero-order valence-electron chi connectivity index (χ0n) is 59.6. The maximum Gasteiger partial charge on any atom is 0.410 e. The number of anilines is 1. The average Bonchev–Trinajstić information content (AvgIpc) is 1.22. The first kappa shape index (κ1) is 80.4. The highest BCUT2D eigenvalue weighted by molar-refractivity contribution is 6.12. The highest BCUT2D eigenvalue weighted by atomic mass is 16.6. The SMILES string of the molecule is CC[C@H](C)C([C@@H](CC(=O)N1CCC[C@H]1[C@H](OC)[C@@H](C)C(=O)N[C@H](C)[C@@H](O)c1ccccc1)OC)N(C)C(=O)[C@@H](NC(=O)[C@H](C(C)C)N(C)C(=O)OCc1ccc(NC(=O)[C@@H](NC(=O)[C@@H]2CCCN2C(=O)[C@H](CC(N)=O)NC(=O)CCCCCN2C(=O)C=CC2=O)C(C)C)cc1)C(C)C. The van der Waals surface area contributed by atoms with Crippen molar-refractivity contribution >= 4 is 76.8 Å². The predicted octanol–water partition coefficient (Wildman–Crippen LogP) is 4.49. The van der Waals surface area contributed by atoms with Gasteiger partial charge in [0.25, 0.3) is 11.8 Å². The number of aliphatic hydroxyl groups is 1. The van der Waals surface area contributed by atoms with Gasteiger partial charge in [0.05, 0.1) is 55.2 Å². The minimum atomic E-state index is -1.35. The molecule has 2 aromatic rings. The largest absolute Gasteiger partial charge is 0.445 e. The second-order valence-corrected chi connectivity index (χ2v) is 27.2. The van der Waals surface area contributed by atoms with E-state index in [9.17, 15) is 62.6 Å². The molecule has 12 amide bonds. The van der Waals surface area contributed by atoms with E-state index in [1.807, 2.05) is 32.0 Å². The lowest BCUT2D eigenvalue weighted by Gasteiger charge is -2.41. The molecular formula is C71H107N11O16. The molecular weight excluding hydrogens is 1260 g/mol. The number of rotatable bonds is 37. The van der Waals surface area contributed by atoms with Crippen molar-refractivity contribution in [2.24, 2.45) is 35.3 Å². The predicted molar refractivity (Wildman–Crippen MR) is 365 cm³/mol. The molecule has 1 unspecified atom stereocenters. The maximum absolute atomic E-state index is 14.8. The lowest BCUT2D eigenvalue weighted by molar-refractivity contribution is -0.148. The molecule has 3 aliphatic rings. The number of methoxy groups -OCH3 is 2. The van der Waals surface area contributed by atoms with Gasteiger partial charge in [-0.2, -0.15) is 0 Å². The summed E-state index contributed by atoms with van der Waals surface area (Å²) >= 11 is 0. The molecule has 27 heteroatoms. The van der Waals surface area contributed by atoms with Gasteiger partial charge in [-0.25, -0.2) is 4.79 Å². The van der Waals surface area contributed by atoms with Crippen LogP contribution in [0.2, 0.25) is 0 Å². The molecule has 13 atom stereocenters. The van der Waals surface area contributed by atoms with Gasteiger partial charge >= 0.3 is 6.09 Å². The van der Waals surface area contributed by atoms with Crippen molar-refractivity contribution in [2.45, 2.75) is 213 Å². The zero-order chi connectivity index (χ0) is 72.8. The molecule has 0 spiro atoms. The number of primary amides is 1. The first-order valence-electron chi connectivity index (χ1n) is 34.3. The van der Waals surface area contributed by atoms with E-state index in [2.05, 4.69) is 26.6 Å². The molecule has 0 aromatic heterocycles. The van der Waals surface area contributed by atoms with Gasteiger partial charge in [0.1, 0.15) is 36.8 Å². The Kier molecular flexibility index (Phi) is 31.3. The van der Waals surface area contributed by atoms with E-state index < -0.39 is 156 Å². The Hall–Kier alpha value is -8.30. The van der Waals surface area contributed by atoms with Crippen LogP contribution in [0.25, 0.3) is 0 Å². The first-order valence-corrected chi connectivity index (χ1v) is 34.3. The number of nitrogens with one attached hydrogen (secondary N) is 5. The molecule has 2 saturated heterocycles. The Labute approximate surface area is 576 Å². The fourth-order valence-electron chi connectivity index (χ4n) is 13.2. The van der Waals surface area contributed by atoms with Gasteiger partial charge in [-0.3, -0.25) is 62.5 Å². The van der Waals surface area contributed by atoms with Crippen LogP contribution < -0.4 is 32.3 Å². The van der Waals surface area contributed by atoms with E-state index in [0.29, 0.717) is 68.3 Å². The minimum absolute atomic E-state index is 0.0130. The van der Waals surface area contributed by atoms with Crippen LogP contribution in [0, 0.1) is 29.6 Å². The van der Waals surface area contributed by atoms with E-state index in [-0.39, 0.29) is 56.7 Å². The number of likely N-dealkylation sites (N-methyl/N-ethyl adjacent to an activating group) is 2. The molecule has 8 N–H and O–H groups in total. The number of hydrogen-bond acceptors (Lipinski definition) is 16. The number of nitrogens with zero attached hydrogens (tertiary/aromatic N) is 5. The Balaban J connectivity index is 1.15. The van der Waals surface area contributed by atoms with Crippen molar-refractivity contribution in [3.05, 3.63) is 77.9 Å². The molecule has 2 fully saturated rings. The molecule has 0 radical (unpaired) electrons. The summed E-state index contributed by atoms with van der Waals surface area (Å²) in [4.78, 5) is 168. The van der Waals surface area contributed by atoms with Crippen molar-refractivity contribution < 1.29 is 76.9 Å². The molecule has 542 valence electrons. The molecule has 0 saturated carbocycles. The fraction of sp³-hybridized carbons (Fsp3) is 0.634. The summed E-state index contributed by atoms with van der Waals surface area (Å²) < 4.78 is 17.8. The minimum Gasteiger partial charge on any atom is -0.445 e. The number of hydrogen-bond donors (Lipinski definition) is 7. The number of amides is 12. The summed E-state index contributed by atoms with van der Waals surface area (Å²) in [6, 6.07) is 8.21. The summed E-state index contributed by atoms with van der Waals surface area (Å²) in [5, 5.41) is 25.0. The smallest absolute Gasteiger partial charge is 0.410 e. The standard InChI is InChI=1S/C71H107N11O16/c1-15-44(8)62(53(96-13)39-58(87)80-36-22-26-51(80)64(97-14)45(9)65(89)73-46(10)63(88)48-24-18-16-19-25-48)78(11)70(94)60(42(4)5)77-68(92)61(43(6)7)79(12)71(95)98-40-47-29-31-49(32-30-47)74-67(91)59(41(2)3)76-66(90)52-27-23-37-81(52)69(93)50(38-54(72)83)75-55(84)28-20-17-21-35-82-56(85)33-34-57(82)86/h16,18-19,24-25,29-34,41-46,50-53,59-64,88H,15,17,20-23,26-28,35-40H2,1-14H3,(H2,72,83)(H,73,89)(H,74,91)(H,75,84)(H,76,90)(H,77,92)/t44-,45+,46+,50-,51-,52-,53+,59-,60-,61-,62?,63+,64+/m0/s1. The molecule has 3 heterocycles. The van der Waals surface area contributed by atoms with Crippen LogP contribution >= 0.6 is 0 Å². The van der Waals surface area contributed by atoms with Crippen LogP contribution in [0.4, 0.5) is 10.5 Å². The van der Waals surface area contributed by atoms with E-state index in [1.54, 1.807) is 109 Å². The Morgan fingerprint density at radius 1 is 0.684 bits per heavy atom. The summed E-state index contributed by atoms with van der Waals surface area (Å²) in [5.74, 6) is -7.76. The van der Waals surface area contributed by atoms with Crippen molar-refractivity contribution in [2.75, 3.05) is 53.3 Å². The monoisotopic (exact) mass is 1370 g/mol. The zero-order valence-corrected chi connectivity index (χ0v) is 59.6. The topological polar surface area (TPSA) is 355 Å². The summed E-state index contributed by atoms with van der Waals surface area (Å²) in [5.41, 5.74) is 7.04. The number of aliphatic hydroxyl groups excluding tert-OH is 1. The van der Waals surface area contributed by atoms with Crippen molar-refractivity contribution in [1.82, 2.24) is 45.8 Å². The number of carbonyl (C=O) groups excluding carboxylic acids is 12. The van der Waals surface area contributed by atoms with Gasteiger partial charge in [0.15, 0.2) is 0 Å². The normalized spacial score (nSPS) is 18.8. The fourth-order valence-corrected chi connectivity index (χ4v) is 13.2. The third-order valence-electron chi connectivity index (χ3n) is 19.0. The highest BCUT2D eigenvalue weighted by Gasteiger charge is 2.45. The first-order chi connectivity index (χ1) is 46.4. The van der Waals surface area contributed by atoms with Crippen LogP contribution in [0.5, 0.6) is 0 Å². The van der Waals surface area contributed by atoms with E-state index in [4.69, 9.17) is 19.9 Å². The molecule has 3 aliphatic heterocycles. The van der Waals surface area contributed by atoms with Gasteiger partial charge in [-0.1, -0.05) is 118 Å². The molecule has 0 aliphatic carbocycles. The van der Waals surface area contributed by atoms with Crippen LogP contribution in [-0.4, -0.2) is 209 Å². The van der Waals surface area contributed by atoms with Crippen molar-refractivity contribution in [1.29, 1.82) is 0 Å². The summed E-state index contributed by atoms with van der Waals surface area (Å²) in [7, 11) is 6.08. The second kappa shape index (κ2) is 38.2. The Morgan fingerprint density at radius 3 is 1.89 bits per heavy atom. The maximum atomic E-state index is 14.8. The van der Waals surface area contributed by atoms with Crippen LogP contribution in [-0.2, 0) is 73.6 Å². The van der Waals surface area contributed by atoms with Gasteiger partial charge in [0.2, 0.25) is 53.2 Å². The average molecular weight is 1370 g/mol.